The molecule has 0 saturated heterocycles. The van der Waals surface area contributed by atoms with E-state index in [-0.39, 0.29) is 17.2 Å². The summed E-state index contributed by atoms with van der Waals surface area (Å²) in [4.78, 5) is 7.89. The maximum absolute atomic E-state index is 13.6. The predicted octanol–water partition coefficient (Wildman–Crippen LogP) is 3.09. The molecule has 1 aromatic carbocycles. The minimum absolute atomic E-state index is 0.0987. The molecule has 0 saturated carbocycles. The second-order valence-corrected chi connectivity index (χ2v) is 3.86. The van der Waals surface area contributed by atoms with Crippen LogP contribution in [0.3, 0.4) is 0 Å². The van der Waals surface area contributed by atoms with Crippen LogP contribution in [0.25, 0.3) is 17.5 Å². The molecule has 0 amide bonds. The van der Waals surface area contributed by atoms with Gasteiger partial charge in [-0.25, -0.2) is 23.1 Å². The summed E-state index contributed by atoms with van der Waals surface area (Å²) in [7, 11) is 0. The van der Waals surface area contributed by atoms with Crippen LogP contribution in [-0.2, 0) is 0 Å². The van der Waals surface area contributed by atoms with Gasteiger partial charge in [-0.05, 0) is 19.1 Å². The highest BCUT2D eigenvalue weighted by atomic mass is 19.2. The third-order valence-electron chi connectivity index (χ3n) is 2.65. The van der Waals surface area contributed by atoms with E-state index in [1.54, 1.807) is 6.92 Å². The number of benzene rings is 1. The second kappa shape index (κ2) is 4.72. The van der Waals surface area contributed by atoms with Crippen LogP contribution in [0, 0.1) is 24.4 Å². The quantitative estimate of drug-likeness (QED) is 0.849. The van der Waals surface area contributed by atoms with Gasteiger partial charge in [0, 0.05) is 5.56 Å². The minimum Gasteiger partial charge on any atom is -0.383 e. The van der Waals surface area contributed by atoms with Gasteiger partial charge in [-0.2, -0.15) is 0 Å². The smallest absolute Gasteiger partial charge is 0.195 e. The molecule has 0 aliphatic rings. The number of hydrogen-bond acceptors (Lipinski definition) is 3. The molecule has 6 heteroatoms. The molecule has 1 heterocycles. The molecule has 2 rings (SSSR count). The minimum atomic E-state index is -1.56. The van der Waals surface area contributed by atoms with Gasteiger partial charge in [0.25, 0.3) is 0 Å². The van der Waals surface area contributed by atoms with E-state index >= 15 is 0 Å². The first-order valence-electron chi connectivity index (χ1n) is 5.36. The van der Waals surface area contributed by atoms with Crippen LogP contribution in [-0.4, -0.2) is 9.97 Å². The average molecular weight is 265 g/mol. The first-order valence-corrected chi connectivity index (χ1v) is 5.36. The summed E-state index contributed by atoms with van der Waals surface area (Å²) in [5, 5.41) is 0. The van der Waals surface area contributed by atoms with Crippen LogP contribution >= 0.6 is 0 Å². The van der Waals surface area contributed by atoms with E-state index in [4.69, 9.17) is 5.73 Å². The third-order valence-corrected chi connectivity index (χ3v) is 2.65. The SMILES string of the molecule is C=Cc1c(C)nc(-c2ccc(F)c(F)c2F)nc1N. The zero-order valence-corrected chi connectivity index (χ0v) is 10.0. The van der Waals surface area contributed by atoms with Crippen molar-refractivity contribution in [2.45, 2.75) is 6.92 Å². The number of nitrogens with two attached hydrogens (primary N) is 1. The van der Waals surface area contributed by atoms with Gasteiger partial charge >= 0.3 is 0 Å². The van der Waals surface area contributed by atoms with Crippen LogP contribution in [0.5, 0.6) is 0 Å². The van der Waals surface area contributed by atoms with Crippen molar-refractivity contribution in [3.63, 3.8) is 0 Å². The maximum atomic E-state index is 13.6. The molecule has 2 N–H and O–H groups in total. The van der Waals surface area contributed by atoms with Crippen LogP contribution in [0.15, 0.2) is 18.7 Å². The summed E-state index contributed by atoms with van der Waals surface area (Å²) in [5.41, 5.74) is 6.42. The summed E-state index contributed by atoms with van der Waals surface area (Å²) < 4.78 is 39.7. The van der Waals surface area contributed by atoms with Gasteiger partial charge in [-0.3, -0.25) is 0 Å². The molecule has 0 atom stereocenters. The molecule has 1 aromatic heterocycles. The maximum Gasteiger partial charge on any atom is 0.195 e. The molecule has 0 unspecified atom stereocenters. The van der Waals surface area contributed by atoms with Gasteiger partial charge in [-0.15, -0.1) is 0 Å². The van der Waals surface area contributed by atoms with Crippen molar-refractivity contribution < 1.29 is 13.2 Å². The first kappa shape index (κ1) is 13.1. The van der Waals surface area contributed by atoms with Crippen molar-refractivity contribution >= 4 is 11.9 Å². The monoisotopic (exact) mass is 265 g/mol. The Bertz CT molecular complexity index is 645. The van der Waals surface area contributed by atoms with Gasteiger partial charge in [0.1, 0.15) is 5.82 Å². The van der Waals surface area contributed by atoms with Crippen molar-refractivity contribution in [3.05, 3.63) is 47.4 Å². The van der Waals surface area contributed by atoms with Gasteiger partial charge in [-0.1, -0.05) is 12.7 Å². The standard InChI is InChI=1S/C13H10F3N3/c1-3-7-6(2)18-13(19-12(7)17)8-4-5-9(14)11(16)10(8)15/h3-5H,1H2,2H3,(H2,17,18,19). The summed E-state index contributed by atoms with van der Waals surface area (Å²) in [6.07, 6.45) is 1.47. The van der Waals surface area contributed by atoms with Crippen LogP contribution in [0.4, 0.5) is 19.0 Å². The van der Waals surface area contributed by atoms with Crippen LogP contribution in [0.2, 0.25) is 0 Å². The number of rotatable bonds is 2. The highest BCUT2D eigenvalue weighted by molar-refractivity contribution is 5.66. The van der Waals surface area contributed by atoms with Crippen molar-refractivity contribution in [3.8, 4) is 11.4 Å². The molecule has 19 heavy (non-hydrogen) atoms. The summed E-state index contributed by atoms with van der Waals surface area (Å²) in [6, 6.07) is 1.87. The predicted molar refractivity (Wildman–Crippen MR) is 66.6 cm³/mol. The van der Waals surface area contributed by atoms with E-state index in [1.165, 1.54) is 6.08 Å². The second-order valence-electron chi connectivity index (χ2n) is 3.86. The number of anilines is 1. The Morgan fingerprint density at radius 1 is 1.16 bits per heavy atom. The Labute approximate surface area is 107 Å². The Morgan fingerprint density at radius 3 is 2.42 bits per heavy atom. The third kappa shape index (κ3) is 2.16. The number of hydrogen-bond donors (Lipinski definition) is 1. The van der Waals surface area contributed by atoms with Crippen LogP contribution < -0.4 is 5.73 Å². The molecule has 0 bridgehead atoms. The Balaban J connectivity index is 2.67. The highest BCUT2D eigenvalue weighted by Crippen LogP contribution is 2.25. The molecule has 0 fully saturated rings. The number of aryl methyl sites for hydroxylation is 1. The van der Waals surface area contributed by atoms with Crippen molar-refractivity contribution in [2.75, 3.05) is 5.73 Å². The molecule has 3 nitrogen and oxygen atoms in total. The van der Waals surface area contributed by atoms with E-state index in [2.05, 4.69) is 16.5 Å². The lowest BCUT2D eigenvalue weighted by molar-refractivity contribution is 0.448. The van der Waals surface area contributed by atoms with E-state index in [1.807, 2.05) is 0 Å². The summed E-state index contributed by atoms with van der Waals surface area (Å²) >= 11 is 0. The molecule has 2 aromatic rings. The van der Waals surface area contributed by atoms with Gasteiger partial charge in [0.2, 0.25) is 0 Å². The first-order chi connectivity index (χ1) is 8.95. The molecular weight excluding hydrogens is 255 g/mol. The van der Waals surface area contributed by atoms with E-state index in [0.717, 1.165) is 12.1 Å². The van der Waals surface area contributed by atoms with E-state index in [0.29, 0.717) is 11.3 Å². The Hall–Kier alpha value is -2.37. The van der Waals surface area contributed by atoms with Crippen LogP contribution in [0.1, 0.15) is 11.3 Å². The molecular formula is C13H10F3N3. The number of nitrogen functional groups attached to an aromatic ring is 1. The topological polar surface area (TPSA) is 51.8 Å². The molecule has 98 valence electrons. The fourth-order valence-electron chi connectivity index (χ4n) is 1.68. The fourth-order valence-corrected chi connectivity index (χ4v) is 1.68. The number of halogens is 3. The highest BCUT2D eigenvalue weighted by Gasteiger charge is 2.18. The molecule has 0 radical (unpaired) electrons. The normalized spacial score (nSPS) is 10.5. The lowest BCUT2D eigenvalue weighted by Gasteiger charge is -2.08. The van der Waals surface area contributed by atoms with Gasteiger partial charge in [0.15, 0.2) is 23.3 Å². The van der Waals surface area contributed by atoms with E-state index in [9.17, 15) is 13.2 Å². The van der Waals surface area contributed by atoms with E-state index < -0.39 is 17.5 Å². The zero-order chi connectivity index (χ0) is 14.2. The Morgan fingerprint density at radius 2 is 1.84 bits per heavy atom. The molecule has 0 aliphatic heterocycles. The summed E-state index contributed by atoms with van der Waals surface area (Å²) in [6.45, 7) is 5.19. The zero-order valence-electron chi connectivity index (χ0n) is 10.0. The van der Waals surface area contributed by atoms with Crippen molar-refractivity contribution in [1.82, 2.24) is 9.97 Å². The van der Waals surface area contributed by atoms with Crippen molar-refractivity contribution in [2.24, 2.45) is 0 Å². The van der Waals surface area contributed by atoms with Crippen molar-refractivity contribution in [1.29, 1.82) is 0 Å². The lowest BCUT2D eigenvalue weighted by atomic mass is 10.1. The van der Waals surface area contributed by atoms with Gasteiger partial charge < -0.3 is 5.73 Å². The molecule has 0 aliphatic carbocycles. The lowest BCUT2D eigenvalue weighted by Crippen LogP contribution is -2.04. The largest absolute Gasteiger partial charge is 0.383 e. The molecule has 0 spiro atoms. The number of aromatic nitrogens is 2. The Kier molecular flexibility index (Phi) is 3.25. The fraction of sp³-hybridized carbons (Fsp3) is 0.0769. The number of nitrogens with zero attached hydrogens (tertiary/aromatic N) is 2. The van der Waals surface area contributed by atoms with Gasteiger partial charge in [0.05, 0.1) is 11.3 Å². The average Bonchev–Trinajstić information content (AvgIpc) is 2.35. The summed E-state index contributed by atoms with van der Waals surface area (Å²) in [5.74, 6) is -4.18.